The molecule has 274 valence electrons. The van der Waals surface area contributed by atoms with Crippen LogP contribution in [0.2, 0.25) is 0 Å². The fourth-order valence-electron chi connectivity index (χ4n) is 9.17. The zero-order valence-corrected chi connectivity index (χ0v) is 32.8. The van der Waals surface area contributed by atoms with E-state index in [0.29, 0.717) is 11.5 Å². The molecule has 4 nitrogen and oxygen atoms in total. The number of para-hydroxylation sites is 2. The predicted molar refractivity (Wildman–Crippen MR) is 238 cm³/mol. The first kappa shape index (κ1) is 33.6. The highest BCUT2D eigenvalue weighted by Gasteiger charge is 2.46. The number of nitrogens with zero attached hydrogens (tertiary/aromatic N) is 2. The van der Waals surface area contributed by atoms with Gasteiger partial charge in [0.25, 0.3) is 0 Å². The minimum atomic E-state index is -0.168. The van der Waals surface area contributed by atoms with Gasteiger partial charge in [0, 0.05) is 40.1 Å². The number of hydrogen-bond donors (Lipinski definition) is 0. The van der Waals surface area contributed by atoms with Gasteiger partial charge in [0.1, 0.15) is 0 Å². The maximum Gasteiger partial charge on any atom is 0.333 e. The van der Waals surface area contributed by atoms with Crippen LogP contribution in [0.1, 0.15) is 37.5 Å². The van der Waals surface area contributed by atoms with Gasteiger partial charge in [-0.2, -0.15) is 0 Å². The molecule has 0 bridgehead atoms. The SMILES string of the molecule is Cc1cc2c3c(c1)N(c1ccc(C(C)(C)C)cc1C)c1cc4c(cc1B3N(c1ccc(-c3ccccc3)cc1)c1cc3ccccc3cc1-2)Oc1ccccc1O4. The van der Waals surface area contributed by atoms with E-state index in [1.165, 1.54) is 66.6 Å². The van der Waals surface area contributed by atoms with Gasteiger partial charge < -0.3 is 19.2 Å². The van der Waals surface area contributed by atoms with Crippen LogP contribution in [0, 0.1) is 13.8 Å². The maximum absolute atomic E-state index is 6.68. The second-order valence-electron chi connectivity index (χ2n) is 16.7. The van der Waals surface area contributed by atoms with Crippen molar-refractivity contribution in [3.63, 3.8) is 0 Å². The number of ether oxygens (including phenoxy) is 2. The standard InChI is InChI=1S/C52H41BN2O2/c1-32-25-41-40-28-36-15-9-10-16-37(36)29-44(40)55(39-22-19-35(20-23-39)34-13-7-6-8-14-34)53-42-30-49-50(57-48-18-12-11-17-47(48)56-49)31-45(42)54(46(26-32)51(41)53)43-24-21-38(27-33(43)2)52(3,4)5/h6-31H,1-5H3. The van der Waals surface area contributed by atoms with Gasteiger partial charge in [-0.15, -0.1) is 0 Å². The molecule has 3 heterocycles. The molecule has 0 aromatic heterocycles. The summed E-state index contributed by atoms with van der Waals surface area (Å²) in [5.74, 6) is 2.86. The summed E-state index contributed by atoms with van der Waals surface area (Å²) in [4.78, 5) is 5.04. The molecule has 8 aromatic carbocycles. The fourth-order valence-corrected chi connectivity index (χ4v) is 9.17. The van der Waals surface area contributed by atoms with Gasteiger partial charge >= 0.3 is 6.85 Å². The van der Waals surface area contributed by atoms with E-state index in [2.05, 4.69) is 178 Å². The Kier molecular flexibility index (Phi) is 7.31. The van der Waals surface area contributed by atoms with E-state index in [9.17, 15) is 0 Å². The van der Waals surface area contributed by atoms with Crippen LogP contribution in [0.3, 0.4) is 0 Å². The predicted octanol–water partition coefficient (Wildman–Crippen LogP) is 13.0. The van der Waals surface area contributed by atoms with Crippen molar-refractivity contribution in [3.05, 3.63) is 174 Å². The zero-order chi connectivity index (χ0) is 38.6. The Morgan fingerprint density at radius 2 is 1.14 bits per heavy atom. The van der Waals surface area contributed by atoms with Crippen LogP contribution in [-0.4, -0.2) is 6.85 Å². The summed E-state index contributed by atoms with van der Waals surface area (Å²) in [6, 6.07) is 57.3. The molecule has 0 radical (unpaired) electrons. The first-order valence-electron chi connectivity index (χ1n) is 19.9. The molecular formula is C52H41BN2O2. The van der Waals surface area contributed by atoms with Crippen molar-refractivity contribution in [3.8, 4) is 45.3 Å². The Labute approximate surface area is 334 Å². The van der Waals surface area contributed by atoms with Crippen molar-refractivity contribution < 1.29 is 9.47 Å². The molecule has 3 aliphatic rings. The number of hydrogen-bond acceptors (Lipinski definition) is 4. The summed E-state index contributed by atoms with van der Waals surface area (Å²) in [5, 5.41) is 2.44. The number of benzene rings is 8. The van der Waals surface area contributed by atoms with Crippen molar-refractivity contribution >= 4 is 57.0 Å². The Morgan fingerprint density at radius 1 is 0.491 bits per heavy atom. The average Bonchev–Trinajstić information content (AvgIpc) is 3.22. The molecule has 5 heteroatoms. The molecule has 0 amide bonds. The summed E-state index contributed by atoms with van der Waals surface area (Å²) < 4.78 is 13.3. The first-order valence-corrected chi connectivity index (χ1v) is 19.9. The van der Waals surface area contributed by atoms with E-state index in [1.807, 2.05) is 24.3 Å². The van der Waals surface area contributed by atoms with Crippen LogP contribution in [0.4, 0.5) is 28.4 Å². The molecule has 11 rings (SSSR count). The lowest BCUT2D eigenvalue weighted by Gasteiger charge is -2.46. The Hall–Kier alpha value is -6.72. The molecule has 57 heavy (non-hydrogen) atoms. The Bertz CT molecular complexity index is 2930. The van der Waals surface area contributed by atoms with Crippen molar-refractivity contribution in [2.45, 2.75) is 40.0 Å². The van der Waals surface area contributed by atoms with Gasteiger partial charge in [0.2, 0.25) is 0 Å². The largest absolute Gasteiger partial charge is 0.450 e. The monoisotopic (exact) mass is 736 g/mol. The van der Waals surface area contributed by atoms with Gasteiger partial charge in [-0.3, -0.25) is 0 Å². The third-order valence-corrected chi connectivity index (χ3v) is 12.0. The first-order chi connectivity index (χ1) is 27.7. The van der Waals surface area contributed by atoms with Crippen LogP contribution in [0.25, 0.3) is 33.0 Å². The molecule has 0 saturated carbocycles. The molecule has 8 aromatic rings. The van der Waals surface area contributed by atoms with Crippen LogP contribution in [0.15, 0.2) is 158 Å². The van der Waals surface area contributed by atoms with E-state index in [0.717, 1.165) is 34.0 Å². The molecule has 0 unspecified atom stereocenters. The van der Waals surface area contributed by atoms with Crippen molar-refractivity contribution in [1.82, 2.24) is 0 Å². The van der Waals surface area contributed by atoms with Crippen molar-refractivity contribution in [2.75, 3.05) is 9.71 Å². The number of anilines is 5. The summed E-state index contributed by atoms with van der Waals surface area (Å²) >= 11 is 0. The smallest absolute Gasteiger partial charge is 0.333 e. The average molecular weight is 737 g/mol. The lowest BCUT2D eigenvalue weighted by Crippen LogP contribution is -2.61. The third-order valence-electron chi connectivity index (χ3n) is 12.0. The highest BCUT2D eigenvalue weighted by molar-refractivity contribution is 6.93. The van der Waals surface area contributed by atoms with Crippen LogP contribution in [-0.2, 0) is 5.41 Å². The van der Waals surface area contributed by atoms with Crippen molar-refractivity contribution in [2.24, 2.45) is 0 Å². The van der Waals surface area contributed by atoms with E-state index in [1.54, 1.807) is 0 Å². The normalized spacial score (nSPS) is 13.5. The van der Waals surface area contributed by atoms with E-state index >= 15 is 0 Å². The van der Waals surface area contributed by atoms with E-state index < -0.39 is 0 Å². The second-order valence-corrected chi connectivity index (χ2v) is 16.7. The highest BCUT2D eigenvalue weighted by Crippen LogP contribution is 2.52. The molecule has 0 aliphatic carbocycles. The molecule has 0 saturated heterocycles. The van der Waals surface area contributed by atoms with Crippen LogP contribution < -0.4 is 30.1 Å². The van der Waals surface area contributed by atoms with Gasteiger partial charge in [-0.1, -0.05) is 118 Å². The van der Waals surface area contributed by atoms with Crippen LogP contribution in [0.5, 0.6) is 23.0 Å². The maximum atomic E-state index is 6.68. The summed E-state index contributed by atoms with van der Waals surface area (Å²) in [6.45, 7) is 11.1. The summed E-state index contributed by atoms with van der Waals surface area (Å²) in [7, 11) is 0. The zero-order valence-electron chi connectivity index (χ0n) is 32.8. The number of rotatable bonds is 3. The lowest BCUT2D eigenvalue weighted by atomic mass is 9.43. The lowest BCUT2D eigenvalue weighted by molar-refractivity contribution is 0.360. The molecule has 0 atom stereocenters. The molecule has 0 spiro atoms. The van der Waals surface area contributed by atoms with Gasteiger partial charge in [0.15, 0.2) is 23.0 Å². The van der Waals surface area contributed by atoms with E-state index in [4.69, 9.17) is 9.47 Å². The highest BCUT2D eigenvalue weighted by atomic mass is 16.6. The van der Waals surface area contributed by atoms with Crippen LogP contribution >= 0.6 is 0 Å². The van der Waals surface area contributed by atoms with Gasteiger partial charge in [0.05, 0.1) is 0 Å². The quantitative estimate of drug-likeness (QED) is 0.169. The molecule has 0 fully saturated rings. The molecule has 0 N–H and O–H groups in total. The molecule has 3 aliphatic heterocycles. The summed E-state index contributed by atoms with van der Waals surface area (Å²) in [6.07, 6.45) is 0. The number of aryl methyl sites for hydroxylation is 2. The van der Waals surface area contributed by atoms with Gasteiger partial charge in [-0.25, -0.2) is 0 Å². The number of fused-ring (bicyclic) bond motifs is 7. The Balaban J connectivity index is 1.21. The van der Waals surface area contributed by atoms with E-state index in [-0.39, 0.29) is 12.3 Å². The Morgan fingerprint density at radius 3 is 1.84 bits per heavy atom. The molecular weight excluding hydrogens is 695 g/mol. The fraction of sp³-hybridized carbons (Fsp3) is 0.115. The third kappa shape index (κ3) is 5.29. The summed E-state index contributed by atoms with van der Waals surface area (Å²) in [5.41, 5.74) is 16.8. The van der Waals surface area contributed by atoms with Crippen molar-refractivity contribution in [1.29, 1.82) is 0 Å². The minimum Gasteiger partial charge on any atom is -0.450 e. The minimum absolute atomic E-state index is 0.0252. The topological polar surface area (TPSA) is 24.9 Å². The van der Waals surface area contributed by atoms with Gasteiger partial charge in [-0.05, 0) is 129 Å². The second kappa shape index (κ2) is 12.4.